The van der Waals surface area contributed by atoms with Gasteiger partial charge < -0.3 is 5.73 Å². The number of nitrogens with two attached hydrogens (primary N) is 1. The SMILES string of the molecule is Nc1c(F)cc(C#CCCBr)cc1[N+](=O)[O-]. The summed E-state index contributed by atoms with van der Waals surface area (Å²) in [5.74, 6) is 4.54. The molecule has 1 aromatic carbocycles. The number of hydrogen-bond donors (Lipinski definition) is 1. The minimum Gasteiger partial charge on any atom is -0.391 e. The standard InChI is InChI=1S/C10H8BrFN2O2/c11-4-2-1-3-7-5-8(12)10(13)9(6-7)14(15)16/h5-6H,2,4,13H2. The van der Waals surface area contributed by atoms with Gasteiger partial charge in [-0.1, -0.05) is 27.8 Å². The molecule has 0 saturated carbocycles. The van der Waals surface area contributed by atoms with Gasteiger partial charge in [0.25, 0.3) is 5.69 Å². The predicted molar refractivity (Wildman–Crippen MR) is 62.8 cm³/mol. The molecule has 2 N–H and O–H groups in total. The summed E-state index contributed by atoms with van der Waals surface area (Å²) in [6, 6.07) is 2.25. The molecule has 0 saturated heterocycles. The minimum atomic E-state index is -0.822. The van der Waals surface area contributed by atoms with Crippen LogP contribution in [0.15, 0.2) is 12.1 Å². The normalized spacial score (nSPS) is 9.38. The van der Waals surface area contributed by atoms with E-state index in [1.807, 2.05) is 0 Å². The molecule has 0 aliphatic carbocycles. The summed E-state index contributed by atoms with van der Waals surface area (Å²) < 4.78 is 13.2. The number of halogens is 2. The van der Waals surface area contributed by atoms with Gasteiger partial charge in [0, 0.05) is 23.4 Å². The van der Waals surface area contributed by atoms with Gasteiger partial charge in [0.1, 0.15) is 5.69 Å². The Labute approximate surface area is 99.9 Å². The molecule has 0 bridgehead atoms. The molecular weight excluding hydrogens is 279 g/mol. The first-order valence-corrected chi connectivity index (χ1v) is 5.46. The highest BCUT2D eigenvalue weighted by molar-refractivity contribution is 9.09. The number of rotatable bonds is 2. The van der Waals surface area contributed by atoms with Gasteiger partial charge in [-0.15, -0.1) is 0 Å². The van der Waals surface area contributed by atoms with Gasteiger partial charge in [0.15, 0.2) is 5.82 Å². The second-order valence-electron chi connectivity index (χ2n) is 2.89. The molecule has 1 rings (SSSR count). The maximum Gasteiger partial charge on any atom is 0.296 e. The Balaban J connectivity index is 3.15. The van der Waals surface area contributed by atoms with Crippen LogP contribution < -0.4 is 5.73 Å². The van der Waals surface area contributed by atoms with Gasteiger partial charge in [-0.25, -0.2) is 4.39 Å². The van der Waals surface area contributed by atoms with Gasteiger partial charge in [-0.05, 0) is 6.07 Å². The van der Waals surface area contributed by atoms with Crippen LogP contribution in [0.3, 0.4) is 0 Å². The van der Waals surface area contributed by atoms with Crippen molar-refractivity contribution < 1.29 is 9.31 Å². The van der Waals surface area contributed by atoms with Crippen LogP contribution in [0.25, 0.3) is 0 Å². The molecule has 0 unspecified atom stereocenters. The van der Waals surface area contributed by atoms with E-state index >= 15 is 0 Å². The van der Waals surface area contributed by atoms with Crippen molar-refractivity contribution in [2.75, 3.05) is 11.1 Å². The third kappa shape index (κ3) is 2.94. The maximum atomic E-state index is 13.2. The molecule has 0 aliphatic heterocycles. The molecule has 1 aromatic rings. The molecule has 4 nitrogen and oxygen atoms in total. The Morgan fingerprint density at radius 1 is 1.56 bits per heavy atom. The number of nitro benzene ring substituents is 1. The molecule has 0 spiro atoms. The molecule has 0 aromatic heterocycles. The van der Waals surface area contributed by atoms with Crippen molar-refractivity contribution in [1.29, 1.82) is 0 Å². The lowest BCUT2D eigenvalue weighted by Crippen LogP contribution is -1.99. The van der Waals surface area contributed by atoms with E-state index in [0.29, 0.717) is 11.8 Å². The van der Waals surface area contributed by atoms with E-state index in [2.05, 4.69) is 27.8 Å². The highest BCUT2D eigenvalue weighted by atomic mass is 79.9. The van der Waals surface area contributed by atoms with E-state index in [4.69, 9.17) is 5.73 Å². The zero-order valence-electron chi connectivity index (χ0n) is 8.17. The highest BCUT2D eigenvalue weighted by Gasteiger charge is 2.16. The fourth-order valence-corrected chi connectivity index (χ4v) is 1.24. The fourth-order valence-electron chi connectivity index (χ4n) is 1.04. The van der Waals surface area contributed by atoms with Crippen LogP contribution in [0.1, 0.15) is 12.0 Å². The molecule has 0 radical (unpaired) electrons. The van der Waals surface area contributed by atoms with Gasteiger partial charge in [-0.2, -0.15) is 0 Å². The van der Waals surface area contributed by atoms with Crippen molar-refractivity contribution in [3.63, 3.8) is 0 Å². The highest BCUT2D eigenvalue weighted by Crippen LogP contribution is 2.25. The average molecular weight is 287 g/mol. The van der Waals surface area contributed by atoms with E-state index in [0.717, 1.165) is 6.07 Å². The van der Waals surface area contributed by atoms with Crippen molar-refractivity contribution in [3.8, 4) is 11.8 Å². The molecule has 0 aliphatic rings. The lowest BCUT2D eigenvalue weighted by Gasteiger charge is -1.99. The minimum absolute atomic E-state index is 0.249. The van der Waals surface area contributed by atoms with Gasteiger partial charge in [0.05, 0.1) is 4.92 Å². The topological polar surface area (TPSA) is 69.2 Å². The molecule has 0 amide bonds. The number of nitrogen functional groups attached to an aromatic ring is 1. The summed E-state index contributed by atoms with van der Waals surface area (Å²) in [5, 5.41) is 11.3. The van der Waals surface area contributed by atoms with Crippen LogP contribution in [0.5, 0.6) is 0 Å². The molecule has 0 fully saturated rings. The lowest BCUT2D eigenvalue weighted by molar-refractivity contribution is -0.384. The molecule has 16 heavy (non-hydrogen) atoms. The Bertz CT molecular complexity index is 480. The second-order valence-corrected chi connectivity index (χ2v) is 3.68. The summed E-state index contributed by atoms with van der Waals surface area (Å²) in [7, 11) is 0. The smallest absolute Gasteiger partial charge is 0.296 e. The number of alkyl halides is 1. The Morgan fingerprint density at radius 2 is 2.25 bits per heavy atom. The zero-order valence-corrected chi connectivity index (χ0v) is 9.75. The molecule has 6 heteroatoms. The van der Waals surface area contributed by atoms with Crippen LogP contribution in [0, 0.1) is 27.8 Å². The van der Waals surface area contributed by atoms with Crippen LogP contribution in [0.4, 0.5) is 15.8 Å². The molecule has 84 valence electrons. The number of anilines is 1. The first kappa shape index (κ1) is 12.5. The third-order valence-electron chi connectivity index (χ3n) is 1.76. The molecule has 0 heterocycles. The van der Waals surface area contributed by atoms with Gasteiger partial charge in [0.2, 0.25) is 0 Å². The van der Waals surface area contributed by atoms with Crippen molar-refractivity contribution in [3.05, 3.63) is 33.6 Å². The summed E-state index contributed by atoms with van der Waals surface area (Å²) in [5.41, 5.74) is 4.57. The number of hydrogen-bond acceptors (Lipinski definition) is 3. The van der Waals surface area contributed by atoms with Gasteiger partial charge in [-0.3, -0.25) is 10.1 Å². The Hall–Kier alpha value is -1.61. The Morgan fingerprint density at radius 3 is 2.81 bits per heavy atom. The second kappa shape index (κ2) is 5.47. The molecular formula is C10H8BrFN2O2. The van der Waals surface area contributed by atoms with E-state index < -0.39 is 22.1 Å². The van der Waals surface area contributed by atoms with E-state index in [1.165, 1.54) is 6.07 Å². The summed E-state index contributed by atoms with van der Waals surface area (Å²) in [6.07, 6.45) is 0.583. The van der Waals surface area contributed by atoms with Gasteiger partial charge >= 0.3 is 0 Å². The van der Waals surface area contributed by atoms with E-state index in [-0.39, 0.29) is 5.56 Å². The summed E-state index contributed by atoms with van der Waals surface area (Å²) in [4.78, 5) is 9.83. The van der Waals surface area contributed by atoms with Crippen LogP contribution >= 0.6 is 15.9 Å². The summed E-state index contributed by atoms with van der Waals surface area (Å²) >= 11 is 3.18. The molecule has 0 atom stereocenters. The quantitative estimate of drug-likeness (QED) is 0.298. The first-order valence-electron chi connectivity index (χ1n) is 4.34. The number of nitro groups is 1. The largest absolute Gasteiger partial charge is 0.391 e. The maximum absolute atomic E-state index is 13.2. The van der Waals surface area contributed by atoms with Crippen molar-refractivity contribution >= 4 is 27.3 Å². The Kier molecular flexibility index (Phi) is 4.26. The van der Waals surface area contributed by atoms with E-state index in [1.54, 1.807) is 0 Å². The summed E-state index contributed by atoms with van der Waals surface area (Å²) in [6.45, 7) is 0. The van der Waals surface area contributed by atoms with Crippen LogP contribution in [-0.4, -0.2) is 10.3 Å². The number of benzene rings is 1. The lowest BCUT2D eigenvalue weighted by atomic mass is 10.1. The zero-order chi connectivity index (χ0) is 12.1. The van der Waals surface area contributed by atoms with Crippen molar-refractivity contribution in [2.45, 2.75) is 6.42 Å². The van der Waals surface area contributed by atoms with Crippen molar-refractivity contribution in [2.24, 2.45) is 0 Å². The van der Waals surface area contributed by atoms with E-state index in [9.17, 15) is 14.5 Å². The van der Waals surface area contributed by atoms with Crippen LogP contribution in [-0.2, 0) is 0 Å². The number of nitrogens with zero attached hydrogens (tertiary/aromatic N) is 1. The first-order chi connectivity index (χ1) is 7.56. The fraction of sp³-hybridized carbons (Fsp3) is 0.200. The predicted octanol–water partition coefficient (Wildman–Crippen LogP) is 2.45. The monoisotopic (exact) mass is 286 g/mol. The average Bonchev–Trinajstić information content (AvgIpc) is 2.23. The van der Waals surface area contributed by atoms with Crippen LogP contribution in [0.2, 0.25) is 0 Å². The third-order valence-corrected chi connectivity index (χ3v) is 2.15. The van der Waals surface area contributed by atoms with Crippen molar-refractivity contribution in [1.82, 2.24) is 0 Å².